The Morgan fingerprint density at radius 3 is 2.78 bits per heavy atom. The molecule has 2 heterocycles. The maximum atomic E-state index is 12.7. The van der Waals surface area contributed by atoms with Crippen LogP contribution in [0.1, 0.15) is 76.7 Å². The Labute approximate surface area is 212 Å². The van der Waals surface area contributed by atoms with Crippen LogP contribution in [0.4, 0.5) is 4.79 Å². The molecule has 0 radical (unpaired) electrons. The molecule has 1 aromatic heterocycles. The van der Waals surface area contributed by atoms with Crippen LogP contribution in [0.25, 0.3) is 0 Å². The monoisotopic (exact) mass is 494 g/mol. The van der Waals surface area contributed by atoms with E-state index in [-0.39, 0.29) is 41.1 Å². The molecule has 7 atom stereocenters. The van der Waals surface area contributed by atoms with Crippen molar-refractivity contribution in [2.45, 2.75) is 77.2 Å². The number of carbonyl (C=O) groups is 2. The van der Waals surface area contributed by atoms with Crippen LogP contribution in [-0.4, -0.2) is 42.6 Å². The zero-order valence-corrected chi connectivity index (χ0v) is 21.5. The molecule has 1 saturated heterocycles. The quantitative estimate of drug-likeness (QED) is 0.606. The average Bonchev–Trinajstić information content (AvgIpc) is 3.22. The SMILES string of the molecule is C[C@]12CC[C@H](OC(=O)N3CCNC(=O)C3)C[C@H]1CC[C@H]1C3=CC[C@H](c4ccc(=O)oc4)[C@@]3(C)CC[C@@H]12. The number of piperazine rings is 1. The summed E-state index contributed by atoms with van der Waals surface area (Å²) in [4.78, 5) is 37.4. The van der Waals surface area contributed by atoms with Gasteiger partial charge in [0, 0.05) is 19.2 Å². The number of fused-ring (bicyclic) bond motifs is 5. The molecule has 0 aromatic carbocycles. The molecule has 4 fully saturated rings. The second kappa shape index (κ2) is 8.77. The van der Waals surface area contributed by atoms with E-state index < -0.39 is 0 Å². The van der Waals surface area contributed by atoms with Gasteiger partial charge in [0.05, 0.1) is 6.26 Å². The highest BCUT2D eigenvalue weighted by Crippen LogP contribution is 2.67. The highest BCUT2D eigenvalue weighted by molar-refractivity contribution is 5.83. The van der Waals surface area contributed by atoms with Crippen molar-refractivity contribution in [3.05, 3.63) is 46.0 Å². The third-order valence-electron chi connectivity index (χ3n) is 10.7. The van der Waals surface area contributed by atoms with Gasteiger partial charge in [-0.2, -0.15) is 0 Å². The van der Waals surface area contributed by atoms with Gasteiger partial charge in [0.25, 0.3) is 0 Å². The smallest absolute Gasteiger partial charge is 0.410 e. The average molecular weight is 495 g/mol. The summed E-state index contributed by atoms with van der Waals surface area (Å²) in [5.74, 6) is 2.13. The number of nitrogens with one attached hydrogen (secondary N) is 1. The van der Waals surface area contributed by atoms with Crippen molar-refractivity contribution < 1.29 is 18.7 Å². The summed E-state index contributed by atoms with van der Waals surface area (Å²) in [6.07, 6.45) is 12.5. The summed E-state index contributed by atoms with van der Waals surface area (Å²) in [5.41, 5.74) is 2.92. The van der Waals surface area contributed by atoms with Crippen molar-refractivity contribution in [1.29, 1.82) is 0 Å². The topological polar surface area (TPSA) is 88.9 Å². The number of rotatable bonds is 2. The van der Waals surface area contributed by atoms with Gasteiger partial charge in [-0.25, -0.2) is 9.59 Å². The molecule has 3 saturated carbocycles. The molecule has 1 aromatic rings. The number of amides is 2. The van der Waals surface area contributed by atoms with E-state index in [2.05, 4.69) is 25.2 Å². The van der Waals surface area contributed by atoms with Crippen molar-refractivity contribution in [3.63, 3.8) is 0 Å². The minimum atomic E-state index is -0.334. The maximum Gasteiger partial charge on any atom is 0.410 e. The van der Waals surface area contributed by atoms with Gasteiger partial charge >= 0.3 is 11.7 Å². The Balaban J connectivity index is 1.14. The standard InChI is InChI=1S/C29H38N2O5/c1-28-11-9-20(36-27(34)31-14-13-30-25(32)16-31)15-19(28)4-5-21-23-7-6-22(18-3-8-26(33)35-17-18)29(23,2)12-10-24(21)28/h3,7-8,17,19-22,24H,4-6,9-16H2,1-2H3,(H,30,32)/t19-,20+,21+,22-,24+,28+,29-/m1/s1. The zero-order valence-electron chi connectivity index (χ0n) is 21.5. The fourth-order valence-corrected chi connectivity index (χ4v) is 8.74. The van der Waals surface area contributed by atoms with Gasteiger partial charge in [-0.15, -0.1) is 0 Å². The van der Waals surface area contributed by atoms with Gasteiger partial charge in [-0.1, -0.05) is 25.5 Å². The summed E-state index contributed by atoms with van der Waals surface area (Å²) in [6.45, 7) is 6.05. The molecule has 5 aliphatic rings. The maximum absolute atomic E-state index is 12.7. The Hall–Kier alpha value is -2.57. The van der Waals surface area contributed by atoms with Gasteiger partial charge in [0.1, 0.15) is 12.6 Å². The summed E-state index contributed by atoms with van der Waals surface area (Å²) in [5, 5.41) is 2.76. The van der Waals surface area contributed by atoms with Gasteiger partial charge in [-0.3, -0.25) is 9.69 Å². The van der Waals surface area contributed by atoms with Crippen LogP contribution >= 0.6 is 0 Å². The van der Waals surface area contributed by atoms with Gasteiger partial charge in [0.15, 0.2) is 0 Å². The lowest BCUT2D eigenvalue weighted by molar-refractivity contribution is -0.124. The minimum Gasteiger partial charge on any atom is -0.446 e. The molecule has 0 bridgehead atoms. The molecule has 1 N–H and O–H groups in total. The number of allylic oxidation sites excluding steroid dienone is 2. The normalized spacial score (nSPS) is 39.8. The molecule has 7 nitrogen and oxygen atoms in total. The Bertz CT molecular complexity index is 1120. The number of carbonyl (C=O) groups excluding carboxylic acids is 2. The lowest BCUT2D eigenvalue weighted by Crippen LogP contribution is -2.53. The Morgan fingerprint density at radius 1 is 1.14 bits per heavy atom. The van der Waals surface area contributed by atoms with Crippen LogP contribution in [0.2, 0.25) is 0 Å². The van der Waals surface area contributed by atoms with E-state index in [1.807, 2.05) is 6.07 Å². The summed E-state index contributed by atoms with van der Waals surface area (Å²) in [7, 11) is 0. The number of hydrogen-bond donors (Lipinski definition) is 1. The number of nitrogens with zero attached hydrogens (tertiary/aromatic N) is 1. The van der Waals surface area contributed by atoms with E-state index in [1.54, 1.807) is 17.9 Å². The predicted molar refractivity (Wildman–Crippen MR) is 134 cm³/mol. The second-order valence-electron chi connectivity index (χ2n) is 12.3. The molecular formula is C29H38N2O5. The number of ether oxygens (including phenoxy) is 1. The largest absolute Gasteiger partial charge is 0.446 e. The van der Waals surface area contributed by atoms with Gasteiger partial charge in [-0.05, 0) is 97.5 Å². The Kier molecular flexibility index (Phi) is 5.80. The van der Waals surface area contributed by atoms with Crippen LogP contribution in [0.5, 0.6) is 0 Å². The van der Waals surface area contributed by atoms with Crippen molar-refractivity contribution in [3.8, 4) is 0 Å². The molecule has 0 spiro atoms. The van der Waals surface area contributed by atoms with E-state index in [0.717, 1.165) is 31.2 Å². The molecule has 194 valence electrons. The second-order valence-corrected chi connectivity index (χ2v) is 12.3. The van der Waals surface area contributed by atoms with E-state index >= 15 is 0 Å². The highest BCUT2D eigenvalue weighted by atomic mass is 16.6. The summed E-state index contributed by atoms with van der Waals surface area (Å²) >= 11 is 0. The predicted octanol–water partition coefficient (Wildman–Crippen LogP) is 4.62. The van der Waals surface area contributed by atoms with Crippen LogP contribution in [-0.2, 0) is 9.53 Å². The van der Waals surface area contributed by atoms with E-state index in [0.29, 0.717) is 36.8 Å². The van der Waals surface area contributed by atoms with Crippen molar-refractivity contribution in [2.75, 3.05) is 19.6 Å². The van der Waals surface area contributed by atoms with E-state index in [9.17, 15) is 14.4 Å². The highest BCUT2D eigenvalue weighted by Gasteiger charge is 2.58. The third-order valence-corrected chi connectivity index (χ3v) is 10.7. The van der Waals surface area contributed by atoms with Crippen LogP contribution < -0.4 is 10.9 Å². The molecular weight excluding hydrogens is 456 g/mol. The molecule has 36 heavy (non-hydrogen) atoms. The lowest BCUT2D eigenvalue weighted by Gasteiger charge is -2.59. The molecule has 0 unspecified atom stereocenters. The molecule has 1 aliphatic heterocycles. The first-order valence-electron chi connectivity index (χ1n) is 13.8. The fourth-order valence-electron chi connectivity index (χ4n) is 8.74. The zero-order chi connectivity index (χ0) is 25.1. The molecule has 4 aliphatic carbocycles. The van der Waals surface area contributed by atoms with E-state index in [4.69, 9.17) is 9.15 Å². The Morgan fingerprint density at radius 2 is 2.00 bits per heavy atom. The molecule has 7 heteroatoms. The number of hydrogen-bond acceptors (Lipinski definition) is 5. The van der Waals surface area contributed by atoms with Crippen LogP contribution in [0.3, 0.4) is 0 Å². The van der Waals surface area contributed by atoms with Crippen LogP contribution in [0, 0.1) is 28.6 Å². The van der Waals surface area contributed by atoms with E-state index in [1.165, 1.54) is 30.6 Å². The first kappa shape index (κ1) is 23.8. The molecule has 2 amide bonds. The fraction of sp³-hybridized carbons (Fsp3) is 0.690. The van der Waals surface area contributed by atoms with Gasteiger partial charge < -0.3 is 14.5 Å². The lowest BCUT2D eigenvalue weighted by atomic mass is 9.46. The van der Waals surface area contributed by atoms with Crippen molar-refractivity contribution >= 4 is 12.0 Å². The summed E-state index contributed by atoms with van der Waals surface area (Å²) < 4.78 is 11.2. The first-order chi connectivity index (χ1) is 17.3. The molecule has 6 rings (SSSR count). The third kappa shape index (κ3) is 3.81. The van der Waals surface area contributed by atoms with Crippen molar-refractivity contribution in [2.24, 2.45) is 28.6 Å². The van der Waals surface area contributed by atoms with Crippen molar-refractivity contribution in [1.82, 2.24) is 10.2 Å². The minimum absolute atomic E-state index is 0.0474. The summed E-state index contributed by atoms with van der Waals surface area (Å²) in [6, 6.07) is 3.52. The first-order valence-corrected chi connectivity index (χ1v) is 13.8. The van der Waals surface area contributed by atoms with Crippen LogP contribution in [0.15, 0.2) is 39.3 Å². The van der Waals surface area contributed by atoms with Gasteiger partial charge in [0.2, 0.25) is 5.91 Å².